The molecule has 1 aromatic rings. The van der Waals surface area contributed by atoms with Crippen LogP contribution in [0.2, 0.25) is 0 Å². The summed E-state index contributed by atoms with van der Waals surface area (Å²) in [4.78, 5) is 10.2. The lowest BCUT2D eigenvalue weighted by atomic mass is 9.94. The van der Waals surface area contributed by atoms with Crippen LogP contribution in [-0.2, 0) is 5.67 Å². The molecule has 0 aliphatic carbocycles. The second-order valence-corrected chi connectivity index (χ2v) is 3.66. The molecule has 0 radical (unpaired) electrons. The molecule has 112 valence electrons. The fourth-order valence-electron chi connectivity index (χ4n) is 1.39. The number of hydrogen-bond acceptors (Lipinski definition) is 1. The van der Waals surface area contributed by atoms with E-state index in [-0.39, 0.29) is 17.8 Å². The Kier molecular flexibility index (Phi) is 3.88. The summed E-state index contributed by atoms with van der Waals surface area (Å²) >= 11 is 0. The third-order valence-electron chi connectivity index (χ3n) is 2.32. The van der Waals surface area contributed by atoms with Crippen molar-refractivity contribution in [2.75, 3.05) is 5.32 Å². The van der Waals surface area contributed by atoms with Crippen molar-refractivity contribution in [3.05, 3.63) is 29.8 Å². The molecule has 0 bridgehead atoms. The molecule has 0 aliphatic rings. The smallest absolute Gasteiger partial charge is 0.435 e. The van der Waals surface area contributed by atoms with Crippen molar-refractivity contribution in [2.24, 2.45) is 0 Å². The monoisotopic (exact) mass is 305 g/mol. The molecule has 1 amide bonds. The van der Waals surface area contributed by atoms with Gasteiger partial charge in [-0.25, -0.2) is 9.18 Å². The third-order valence-corrected chi connectivity index (χ3v) is 2.32. The van der Waals surface area contributed by atoms with Gasteiger partial charge in [-0.2, -0.15) is 26.3 Å². The molecule has 0 atom stereocenters. The molecule has 0 spiro atoms. The van der Waals surface area contributed by atoms with E-state index in [1.54, 1.807) is 5.32 Å². The number of halogens is 7. The molecular weight excluding hydrogens is 299 g/mol. The first-order chi connectivity index (χ1) is 8.89. The van der Waals surface area contributed by atoms with Crippen molar-refractivity contribution < 1.29 is 40.6 Å². The molecule has 0 aromatic heterocycles. The average molecular weight is 305 g/mol. The zero-order valence-corrected chi connectivity index (χ0v) is 9.31. The molecule has 0 saturated heterocycles. The molecule has 2 N–H and O–H groups in total. The Morgan fingerprint density at radius 1 is 0.900 bits per heavy atom. The van der Waals surface area contributed by atoms with E-state index in [0.717, 1.165) is 0 Å². The molecule has 0 aliphatic heterocycles. The number of hydrogen-bond donors (Lipinski definition) is 2. The number of carbonyl (C=O) groups is 1. The summed E-state index contributed by atoms with van der Waals surface area (Å²) in [6.45, 7) is 0. The number of rotatable bonds is 2. The summed E-state index contributed by atoms with van der Waals surface area (Å²) in [5.74, 6) is 0. The summed E-state index contributed by atoms with van der Waals surface area (Å²) in [5, 5.41) is 10.0. The molecular formula is C10H6F7NO2. The van der Waals surface area contributed by atoms with E-state index in [1.807, 2.05) is 0 Å². The molecule has 1 rings (SSSR count). The first kappa shape index (κ1) is 16.1. The topological polar surface area (TPSA) is 49.3 Å². The predicted octanol–water partition coefficient (Wildman–Crippen LogP) is 4.07. The quantitative estimate of drug-likeness (QED) is 0.809. The highest BCUT2D eigenvalue weighted by Crippen LogP contribution is 2.53. The summed E-state index contributed by atoms with van der Waals surface area (Å²) in [6.07, 6.45) is -14.0. The van der Waals surface area contributed by atoms with Crippen LogP contribution in [0, 0.1) is 0 Å². The van der Waals surface area contributed by atoms with E-state index in [4.69, 9.17) is 5.11 Å². The lowest BCUT2D eigenvalue weighted by molar-refractivity contribution is -0.348. The Labute approximate surface area is 107 Å². The summed E-state index contributed by atoms with van der Waals surface area (Å²) in [6, 6.07) is 1.61. The number of carboxylic acid groups (broad SMARTS) is 1. The number of amides is 1. The van der Waals surface area contributed by atoms with Crippen LogP contribution in [0.5, 0.6) is 0 Å². The van der Waals surface area contributed by atoms with Crippen LogP contribution in [0.3, 0.4) is 0 Å². The molecule has 20 heavy (non-hydrogen) atoms. The maximum Gasteiger partial charge on any atom is 0.435 e. The second-order valence-electron chi connectivity index (χ2n) is 3.66. The molecule has 1 aromatic carbocycles. The molecule has 0 unspecified atom stereocenters. The van der Waals surface area contributed by atoms with Crippen LogP contribution in [0.15, 0.2) is 24.3 Å². The van der Waals surface area contributed by atoms with Crippen molar-refractivity contribution in [3.8, 4) is 0 Å². The van der Waals surface area contributed by atoms with E-state index in [9.17, 15) is 35.5 Å². The zero-order valence-electron chi connectivity index (χ0n) is 9.31. The van der Waals surface area contributed by atoms with Gasteiger partial charge in [-0.15, -0.1) is 0 Å². The predicted molar refractivity (Wildman–Crippen MR) is 53.0 cm³/mol. The highest BCUT2D eigenvalue weighted by Gasteiger charge is 2.73. The van der Waals surface area contributed by atoms with Crippen LogP contribution in [0.4, 0.5) is 41.2 Å². The van der Waals surface area contributed by atoms with E-state index in [0.29, 0.717) is 12.1 Å². The average Bonchev–Trinajstić information content (AvgIpc) is 2.25. The van der Waals surface area contributed by atoms with Crippen LogP contribution in [0.25, 0.3) is 0 Å². The Morgan fingerprint density at radius 2 is 1.30 bits per heavy atom. The van der Waals surface area contributed by atoms with Gasteiger partial charge in [0.25, 0.3) is 0 Å². The number of benzene rings is 1. The van der Waals surface area contributed by atoms with Gasteiger partial charge in [0.1, 0.15) is 0 Å². The normalized spacial score (nSPS) is 13.2. The largest absolute Gasteiger partial charge is 0.465 e. The first-order valence-corrected chi connectivity index (χ1v) is 4.82. The highest BCUT2D eigenvalue weighted by molar-refractivity contribution is 5.82. The highest BCUT2D eigenvalue weighted by atomic mass is 19.4. The van der Waals surface area contributed by atoms with Gasteiger partial charge >= 0.3 is 24.1 Å². The van der Waals surface area contributed by atoms with Crippen LogP contribution in [-0.4, -0.2) is 23.6 Å². The molecule has 0 heterocycles. The zero-order chi connectivity index (χ0) is 15.8. The van der Waals surface area contributed by atoms with Gasteiger partial charge in [0.2, 0.25) is 0 Å². The maximum atomic E-state index is 13.5. The minimum Gasteiger partial charge on any atom is -0.465 e. The third kappa shape index (κ3) is 2.78. The first-order valence-electron chi connectivity index (χ1n) is 4.82. The van der Waals surface area contributed by atoms with Crippen LogP contribution in [0.1, 0.15) is 5.56 Å². The van der Waals surface area contributed by atoms with Crippen molar-refractivity contribution in [1.29, 1.82) is 0 Å². The minimum atomic E-state index is -6.20. The summed E-state index contributed by atoms with van der Waals surface area (Å²) in [7, 11) is 0. The SMILES string of the molecule is O=C(O)Nc1ccc(C(F)(C(F)(F)F)C(F)(F)F)cc1. The molecule has 10 heteroatoms. The lowest BCUT2D eigenvalue weighted by Crippen LogP contribution is -2.50. The Balaban J connectivity index is 3.27. The number of anilines is 1. The maximum absolute atomic E-state index is 13.5. The van der Waals surface area contributed by atoms with Gasteiger partial charge in [0.15, 0.2) is 0 Å². The summed E-state index contributed by atoms with van der Waals surface area (Å²) < 4.78 is 87.9. The van der Waals surface area contributed by atoms with E-state index >= 15 is 0 Å². The van der Waals surface area contributed by atoms with Crippen molar-refractivity contribution in [3.63, 3.8) is 0 Å². The van der Waals surface area contributed by atoms with Gasteiger partial charge in [-0.05, 0) is 12.1 Å². The van der Waals surface area contributed by atoms with Crippen LogP contribution < -0.4 is 5.32 Å². The molecule has 0 saturated carbocycles. The molecule has 3 nitrogen and oxygen atoms in total. The minimum absolute atomic E-state index is 0.215. The van der Waals surface area contributed by atoms with Crippen LogP contribution >= 0.6 is 0 Å². The van der Waals surface area contributed by atoms with Gasteiger partial charge in [0.05, 0.1) is 0 Å². The van der Waals surface area contributed by atoms with E-state index < -0.39 is 29.7 Å². The lowest BCUT2D eigenvalue weighted by Gasteiger charge is -2.30. The van der Waals surface area contributed by atoms with E-state index in [2.05, 4.69) is 0 Å². The van der Waals surface area contributed by atoms with Gasteiger partial charge in [-0.3, -0.25) is 5.32 Å². The van der Waals surface area contributed by atoms with Gasteiger partial charge in [0, 0.05) is 11.3 Å². The fraction of sp³-hybridized carbons (Fsp3) is 0.300. The number of alkyl halides is 7. The van der Waals surface area contributed by atoms with E-state index in [1.165, 1.54) is 0 Å². The Bertz CT molecular complexity index is 478. The molecule has 0 fully saturated rings. The fourth-order valence-corrected chi connectivity index (χ4v) is 1.39. The van der Waals surface area contributed by atoms with Crippen molar-refractivity contribution in [2.45, 2.75) is 18.0 Å². The second kappa shape index (κ2) is 4.84. The summed E-state index contributed by atoms with van der Waals surface area (Å²) in [5.41, 5.74) is -7.51. The van der Waals surface area contributed by atoms with Gasteiger partial charge < -0.3 is 5.11 Å². The Hall–Kier alpha value is -2.00. The Morgan fingerprint density at radius 3 is 1.60 bits per heavy atom. The number of nitrogens with one attached hydrogen (secondary N) is 1. The van der Waals surface area contributed by atoms with Crippen molar-refractivity contribution >= 4 is 11.8 Å². The standard InChI is InChI=1S/C10H6F7NO2/c11-8(9(12,13)14,10(15,16)17)5-1-3-6(4-2-5)18-7(19)20/h1-4,18H,(H,19,20). The van der Waals surface area contributed by atoms with Gasteiger partial charge in [-0.1, -0.05) is 12.1 Å². The van der Waals surface area contributed by atoms with Crippen molar-refractivity contribution in [1.82, 2.24) is 0 Å².